The van der Waals surface area contributed by atoms with Crippen LogP contribution in [0.4, 0.5) is 0 Å². The molecule has 2 aromatic carbocycles. The fourth-order valence-corrected chi connectivity index (χ4v) is 4.99. The summed E-state index contributed by atoms with van der Waals surface area (Å²) in [7, 11) is 2.98. The van der Waals surface area contributed by atoms with Gasteiger partial charge in [-0.2, -0.15) is 0 Å². The first-order chi connectivity index (χ1) is 19.0. The van der Waals surface area contributed by atoms with Crippen molar-refractivity contribution in [2.45, 2.75) is 38.4 Å². The molecular weight excluding hydrogens is 500 g/mol. The van der Waals surface area contributed by atoms with Crippen LogP contribution in [-0.2, 0) is 25.4 Å². The Morgan fingerprint density at radius 2 is 1.92 bits per heavy atom. The zero-order valence-corrected chi connectivity index (χ0v) is 22.6. The lowest BCUT2D eigenvalue weighted by molar-refractivity contribution is -0.166. The standard InChI is InChI=1S/C30H36N2O7/c1-4-38-30-23(6-5-15-33)24(19-7-9-20(10-8-19)29(35)37-3)17-27(39-30)28(34)31-14-13-21-18-32-26-12-11-22(36-2)16-25(21)26/h7-12,16-18,23-24,30,32-33H,4-6,13-15H2,1-3H3,(H,31,34)/t23-,24+,30+/m1/s1. The minimum absolute atomic E-state index is 0.0418. The molecule has 1 aliphatic rings. The second kappa shape index (κ2) is 13.3. The monoisotopic (exact) mass is 536 g/mol. The minimum atomic E-state index is -0.654. The van der Waals surface area contributed by atoms with Crippen LogP contribution in [0.5, 0.6) is 5.75 Å². The number of methoxy groups -OCH3 is 2. The number of fused-ring (bicyclic) bond motifs is 1. The molecule has 3 atom stereocenters. The number of hydrogen-bond acceptors (Lipinski definition) is 7. The van der Waals surface area contributed by atoms with Crippen LogP contribution in [-0.4, -0.2) is 62.2 Å². The summed E-state index contributed by atoms with van der Waals surface area (Å²) in [5.41, 5.74) is 3.43. The summed E-state index contributed by atoms with van der Waals surface area (Å²) < 4.78 is 22.1. The maximum atomic E-state index is 13.2. The van der Waals surface area contributed by atoms with Crippen LogP contribution < -0.4 is 10.1 Å². The van der Waals surface area contributed by atoms with Gasteiger partial charge in [-0.05, 0) is 73.7 Å². The zero-order valence-electron chi connectivity index (χ0n) is 22.6. The zero-order chi connectivity index (χ0) is 27.8. The van der Waals surface area contributed by atoms with Crippen LogP contribution in [0.3, 0.4) is 0 Å². The molecule has 9 heteroatoms. The number of hydrogen-bond donors (Lipinski definition) is 3. The van der Waals surface area contributed by atoms with Crippen LogP contribution in [0, 0.1) is 5.92 Å². The van der Waals surface area contributed by atoms with Crippen LogP contribution in [0.25, 0.3) is 10.9 Å². The number of aromatic amines is 1. The van der Waals surface area contributed by atoms with Gasteiger partial charge in [0.2, 0.25) is 6.29 Å². The molecule has 0 unspecified atom stereocenters. The number of ether oxygens (including phenoxy) is 4. The Morgan fingerprint density at radius 1 is 1.13 bits per heavy atom. The quantitative estimate of drug-likeness (QED) is 0.299. The summed E-state index contributed by atoms with van der Waals surface area (Å²) in [6.07, 6.45) is 4.94. The van der Waals surface area contributed by atoms with E-state index >= 15 is 0 Å². The molecule has 4 rings (SSSR count). The Kier molecular flexibility index (Phi) is 9.62. The third kappa shape index (κ3) is 6.61. The van der Waals surface area contributed by atoms with Gasteiger partial charge in [0, 0.05) is 48.7 Å². The number of allylic oxidation sites excluding steroid dienone is 1. The lowest BCUT2D eigenvalue weighted by Crippen LogP contribution is -2.39. The van der Waals surface area contributed by atoms with E-state index in [0.29, 0.717) is 38.0 Å². The summed E-state index contributed by atoms with van der Waals surface area (Å²) in [6.45, 7) is 2.74. The lowest BCUT2D eigenvalue weighted by atomic mass is 9.80. The van der Waals surface area contributed by atoms with Crippen molar-refractivity contribution in [3.05, 3.63) is 77.2 Å². The molecule has 1 aromatic heterocycles. The molecule has 208 valence electrons. The van der Waals surface area contributed by atoms with Crippen LogP contribution in [0.15, 0.2) is 60.5 Å². The normalized spacial score (nSPS) is 18.8. The lowest BCUT2D eigenvalue weighted by Gasteiger charge is -2.37. The van der Waals surface area contributed by atoms with Gasteiger partial charge < -0.3 is 34.4 Å². The predicted molar refractivity (Wildman–Crippen MR) is 146 cm³/mol. The van der Waals surface area contributed by atoms with Crippen molar-refractivity contribution in [2.24, 2.45) is 5.92 Å². The molecule has 2 heterocycles. The van der Waals surface area contributed by atoms with E-state index in [1.165, 1.54) is 7.11 Å². The van der Waals surface area contributed by atoms with Crippen molar-refractivity contribution < 1.29 is 33.6 Å². The second-order valence-corrected chi connectivity index (χ2v) is 9.37. The largest absolute Gasteiger partial charge is 0.497 e. The van der Waals surface area contributed by atoms with Gasteiger partial charge in [-0.1, -0.05) is 12.1 Å². The highest BCUT2D eigenvalue weighted by Crippen LogP contribution is 2.39. The Labute approximate surface area is 228 Å². The van der Waals surface area contributed by atoms with Gasteiger partial charge in [0.05, 0.1) is 19.8 Å². The Balaban J connectivity index is 1.53. The number of esters is 1. The minimum Gasteiger partial charge on any atom is -0.497 e. The number of benzene rings is 2. The number of rotatable bonds is 12. The number of carbonyl (C=O) groups is 2. The maximum absolute atomic E-state index is 13.2. The molecule has 3 aromatic rings. The van der Waals surface area contributed by atoms with Crippen LogP contribution in [0.1, 0.15) is 47.2 Å². The van der Waals surface area contributed by atoms with Crippen molar-refractivity contribution >= 4 is 22.8 Å². The first-order valence-corrected chi connectivity index (χ1v) is 13.2. The highest BCUT2D eigenvalue weighted by atomic mass is 16.7. The molecule has 0 bridgehead atoms. The predicted octanol–water partition coefficient (Wildman–Crippen LogP) is 4.07. The molecule has 0 radical (unpaired) electrons. The van der Waals surface area contributed by atoms with E-state index in [4.69, 9.17) is 18.9 Å². The van der Waals surface area contributed by atoms with Crippen molar-refractivity contribution in [1.82, 2.24) is 10.3 Å². The highest BCUT2D eigenvalue weighted by Gasteiger charge is 2.37. The second-order valence-electron chi connectivity index (χ2n) is 9.37. The first-order valence-electron chi connectivity index (χ1n) is 13.2. The van der Waals surface area contributed by atoms with Crippen molar-refractivity contribution in [2.75, 3.05) is 34.0 Å². The summed E-state index contributed by atoms with van der Waals surface area (Å²) in [4.78, 5) is 28.4. The van der Waals surface area contributed by atoms with Crippen molar-refractivity contribution in [1.29, 1.82) is 0 Å². The van der Waals surface area contributed by atoms with Gasteiger partial charge in [0.1, 0.15) is 5.75 Å². The number of aliphatic hydroxyl groups excluding tert-OH is 1. The van der Waals surface area contributed by atoms with Crippen LogP contribution >= 0.6 is 0 Å². The number of nitrogens with one attached hydrogen (secondary N) is 2. The fourth-order valence-electron chi connectivity index (χ4n) is 4.99. The third-order valence-electron chi connectivity index (χ3n) is 7.01. The van der Waals surface area contributed by atoms with E-state index in [2.05, 4.69) is 10.3 Å². The highest BCUT2D eigenvalue weighted by molar-refractivity contribution is 5.92. The van der Waals surface area contributed by atoms with Gasteiger partial charge >= 0.3 is 5.97 Å². The summed E-state index contributed by atoms with van der Waals surface area (Å²) in [5.74, 6) is -0.113. The third-order valence-corrected chi connectivity index (χ3v) is 7.01. The molecule has 1 amide bonds. The fraction of sp³-hybridized carbons (Fsp3) is 0.400. The summed E-state index contributed by atoms with van der Waals surface area (Å²) in [5, 5.41) is 13.5. The number of aliphatic hydroxyl groups is 1. The van der Waals surface area contributed by atoms with E-state index in [-0.39, 0.29) is 30.1 Å². The number of aromatic nitrogens is 1. The SMILES string of the molecule is CCO[C@H]1OC(C(=O)NCCc2c[nH]c3ccc(OC)cc23)=C[C@@H](c2ccc(C(=O)OC)cc2)[C@H]1CCCO. The molecule has 0 spiro atoms. The number of amides is 1. The molecule has 0 saturated carbocycles. The van der Waals surface area contributed by atoms with Gasteiger partial charge in [-0.3, -0.25) is 4.79 Å². The van der Waals surface area contributed by atoms with Gasteiger partial charge in [0.15, 0.2) is 5.76 Å². The molecular formula is C30H36N2O7. The first kappa shape index (κ1) is 28.2. The number of carbonyl (C=O) groups excluding carboxylic acids is 2. The maximum Gasteiger partial charge on any atom is 0.337 e. The molecule has 3 N–H and O–H groups in total. The average Bonchev–Trinajstić information content (AvgIpc) is 3.37. The van der Waals surface area contributed by atoms with Gasteiger partial charge in [-0.15, -0.1) is 0 Å². The Hall–Kier alpha value is -3.82. The molecule has 1 aliphatic heterocycles. The molecule has 0 saturated heterocycles. The van der Waals surface area contributed by atoms with Crippen molar-refractivity contribution in [3.8, 4) is 5.75 Å². The summed E-state index contributed by atoms with van der Waals surface area (Å²) in [6, 6.07) is 13.0. The van der Waals surface area contributed by atoms with E-state index < -0.39 is 12.3 Å². The Morgan fingerprint density at radius 3 is 2.62 bits per heavy atom. The topological polar surface area (TPSA) is 119 Å². The van der Waals surface area contributed by atoms with E-state index in [9.17, 15) is 14.7 Å². The van der Waals surface area contributed by atoms with E-state index in [1.807, 2.05) is 49.5 Å². The summed E-state index contributed by atoms with van der Waals surface area (Å²) >= 11 is 0. The number of H-pyrrole nitrogens is 1. The molecule has 0 aliphatic carbocycles. The van der Waals surface area contributed by atoms with Gasteiger partial charge in [-0.25, -0.2) is 4.79 Å². The average molecular weight is 537 g/mol. The van der Waals surface area contributed by atoms with E-state index in [1.54, 1.807) is 19.2 Å². The van der Waals surface area contributed by atoms with Gasteiger partial charge in [0.25, 0.3) is 5.91 Å². The molecule has 0 fully saturated rings. The van der Waals surface area contributed by atoms with E-state index in [0.717, 1.165) is 27.8 Å². The molecule has 39 heavy (non-hydrogen) atoms. The molecule has 9 nitrogen and oxygen atoms in total. The van der Waals surface area contributed by atoms with Crippen LogP contribution in [0.2, 0.25) is 0 Å². The Bertz CT molecular complexity index is 1300. The van der Waals surface area contributed by atoms with Crippen molar-refractivity contribution in [3.63, 3.8) is 0 Å². The smallest absolute Gasteiger partial charge is 0.337 e.